The number of methoxy groups -OCH3 is 1. The first-order valence-electron chi connectivity index (χ1n) is 13.2. The maximum Gasteiger partial charge on any atom is 0.412 e. The summed E-state index contributed by atoms with van der Waals surface area (Å²) in [4.78, 5) is 38.7. The molecule has 0 aliphatic carbocycles. The third kappa shape index (κ3) is 9.90. The minimum absolute atomic E-state index is 0.316. The van der Waals surface area contributed by atoms with E-state index in [1.165, 1.54) is 31.4 Å². The quantitative estimate of drug-likeness (QED) is 0.174. The Bertz CT molecular complexity index is 1410. The van der Waals surface area contributed by atoms with Crippen molar-refractivity contribution in [3.63, 3.8) is 0 Å². The summed E-state index contributed by atoms with van der Waals surface area (Å²) < 4.78 is 22.3. The molecule has 5 unspecified atom stereocenters. The van der Waals surface area contributed by atoms with Gasteiger partial charge in [0.15, 0.2) is 18.5 Å². The summed E-state index contributed by atoms with van der Waals surface area (Å²) in [6.45, 7) is 5.31. The van der Waals surface area contributed by atoms with Gasteiger partial charge in [-0.25, -0.2) is 14.4 Å². The van der Waals surface area contributed by atoms with E-state index in [2.05, 4.69) is 10.3 Å². The number of anilines is 1. The van der Waals surface area contributed by atoms with Crippen LogP contribution in [0.25, 0.3) is 0 Å². The Kier molecular flexibility index (Phi) is 12.7. The number of hydrogen-bond acceptors (Lipinski definition) is 9. The van der Waals surface area contributed by atoms with Gasteiger partial charge in [0.2, 0.25) is 6.08 Å². The summed E-state index contributed by atoms with van der Waals surface area (Å²) in [7, 11) is 1.36. The van der Waals surface area contributed by atoms with Crippen LogP contribution >= 0.6 is 23.2 Å². The van der Waals surface area contributed by atoms with Gasteiger partial charge in [-0.3, -0.25) is 5.32 Å². The molecule has 3 aromatic carbocycles. The zero-order valence-electron chi connectivity index (χ0n) is 24.0. The Morgan fingerprint density at radius 2 is 1.60 bits per heavy atom. The van der Waals surface area contributed by atoms with Crippen LogP contribution in [0.2, 0.25) is 10.0 Å². The maximum absolute atomic E-state index is 12.7. The SMILES string of the molecule is COC1OC(CO)C(C)C(OC(=O)Nc2cc(Cl)cc(Cl)c2)C1OC(=O)c1ccccc1.Cc1cc(C)cc(N=C=O)c1. The van der Waals surface area contributed by atoms with Crippen molar-refractivity contribution in [3.05, 3.63) is 93.5 Å². The lowest BCUT2D eigenvalue weighted by Crippen LogP contribution is -2.58. The number of benzene rings is 3. The summed E-state index contributed by atoms with van der Waals surface area (Å²) in [5.41, 5.74) is 3.54. The van der Waals surface area contributed by atoms with E-state index in [1.807, 2.05) is 32.0 Å². The molecule has 1 heterocycles. The van der Waals surface area contributed by atoms with Crippen molar-refractivity contribution < 1.29 is 38.4 Å². The van der Waals surface area contributed by atoms with E-state index < -0.39 is 42.6 Å². The highest BCUT2D eigenvalue weighted by Crippen LogP contribution is 2.32. The molecule has 2 N–H and O–H groups in total. The first-order chi connectivity index (χ1) is 20.5. The average Bonchev–Trinajstić information content (AvgIpc) is 2.95. The predicted octanol–water partition coefficient (Wildman–Crippen LogP) is 6.41. The number of nitrogens with one attached hydrogen (secondary N) is 1. The Labute approximate surface area is 259 Å². The number of nitrogens with zero attached hydrogens (tertiary/aromatic N) is 1. The van der Waals surface area contributed by atoms with Crippen LogP contribution in [-0.4, -0.2) is 61.6 Å². The van der Waals surface area contributed by atoms with Crippen molar-refractivity contribution >= 4 is 52.7 Å². The molecular weight excluding hydrogens is 599 g/mol. The summed E-state index contributed by atoms with van der Waals surface area (Å²) in [6, 6.07) is 18.6. The fourth-order valence-electron chi connectivity index (χ4n) is 4.47. The standard InChI is InChI=1S/C22H23Cl2NO7.C9H9NO/c1-12-17(11-26)30-21(29-2)19(31-20(27)13-6-4-3-5-7-13)18(12)32-22(28)25-16-9-14(23)8-15(24)10-16;1-7-3-8(2)5-9(4-7)10-6-11/h3-10,12,17-19,21,26H,11H2,1-2H3,(H,25,28);3-5H,1-2H3. The molecule has 43 heavy (non-hydrogen) atoms. The third-order valence-electron chi connectivity index (χ3n) is 6.40. The third-order valence-corrected chi connectivity index (χ3v) is 6.84. The summed E-state index contributed by atoms with van der Waals surface area (Å²) in [6.07, 6.45) is -3.14. The topological polar surface area (TPSA) is 133 Å². The number of aliphatic imine (C=N–C) groups is 1. The van der Waals surface area contributed by atoms with Crippen LogP contribution in [0.3, 0.4) is 0 Å². The summed E-state index contributed by atoms with van der Waals surface area (Å²) in [5, 5.41) is 12.9. The van der Waals surface area contributed by atoms with Gasteiger partial charge in [-0.2, -0.15) is 4.99 Å². The van der Waals surface area contributed by atoms with Crippen LogP contribution in [0.4, 0.5) is 16.2 Å². The molecule has 0 radical (unpaired) electrons. The number of ether oxygens (including phenoxy) is 4. The molecule has 0 saturated carbocycles. The fourth-order valence-corrected chi connectivity index (χ4v) is 4.99. The van der Waals surface area contributed by atoms with E-state index >= 15 is 0 Å². The van der Waals surface area contributed by atoms with Crippen LogP contribution < -0.4 is 5.32 Å². The van der Waals surface area contributed by atoms with Crippen LogP contribution in [-0.2, 0) is 23.7 Å². The second-order valence-electron chi connectivity index (χ2n) is 9.76. The van der Waals surface area contributed by atoms with Gasteiger partial charge >= 0.3 is 12.1 Å². The molecule has 1 fully saturated rings. The monoisotopic (exact) mass is 630 g/mol. The average molecular weight is 632 g/mol. The number of halogens is 2. The van der Waals surface area contributed by atoms with Gasteiger partial charge < -0.3 is 24.1 Å². The second-order valence-corrected chi connectivity index (χ2v) is 10.6. The molecule has 1 saturated heterocycles. The van der Waals surface area contributed by atoms with Crippen LogP contribution in [0, 0.1) is 19.8 Å². The Balaban J connectivity index is 0.000000386. The molecule has 3 aromatic rings. The molecule has 12 heteroatoms. The van der Waals surface area contributed by atoms with Gasteiger partial charge in [0.25, 0.3) is 0 Å². The first kappa shape index (κ1) is 33.7. The van der Waals surface area contributed by atoms with Crippen molar-refractivity contribution in [2.75, 3.05) is 19.0 Å². The number of carbonyl (C=O) groups is 2. The lowest BCUT2D eigenvalue weighted by molar-refractivity contribution is -0.278. The van der Waals surface area contributed by atoms with Gasteiger partial charge in [-0.05, 0) is 67.4 Å². The molecule has 1 aliphatic heterocycles. The highest BCUT2D eigenvalue weighted by atomic mass is 35.5. The Morgan fingerprint density at radius 1 is 0.977 bits per heavy atom. The number of hydrogen-bond donors (Lipinski definition) is 2. The van der Waals surface area contributed by atoms with Crippen molar-refractivity contribution in [1.29, 1.82) is 0 Å². The number of carbonyl (C=O) groups excluding carboxylic acids is 3. The van der Waals surface area contributed by atoms with Gasteiger partial charge in [0.1, 0.15) is 0 Å². The largest absolute Gasteiger partial charge is 0.449 e. The second kappa shape index (κ2) is 16.2. The number of aliphatic hydroxyl groups is 1. The van der Waals surface area contributed by atoms with Crippen molar-refractivity contribution in [2.45, 2.75) is 45.4 Å². The Hall–Kier alpha value is -3.76. The highest BCUT2D eigenvalue weighted by Gasteiger charge is 2.48. The molecule has 228 valence electrons. The van der Waals surface area contributed by atoms with Gasteiger partial charge in [0, 0.05) is 28.8 Å². The molecular formula is C31H32Cl2N2O8. The molecule has 10 nitrogen and oxygen atoms in total. The van der Waals surface area contributed by atoms with Crippen LogP contribution in [0.5, 0.6) is 0 Å². The number of aliphatic hydroxyl groups excluding tert-OH is 1. The van der Waals surface area contributed by atoms with E-state index in [4.69, 9.17) is 42.1 Å². The molecule has 0 spiro atoms. The lowest BCUT2D eigenvalue weighted by Gasteiger charge is -2.43. The van der Waals surface area contributed by atoms with E-state index in [-0.39, 0.29) is 6.61 Å². The first-order valence-corrected chi connectivity index (χ1v) is 13.9. The van der Waals surface area contributed by atoms with Crippen molar-refractivity contribution in [1.82, 2.24) is 0 Å². The van der Waals surface area contributed by atoms with E-state index in [0.717, 1.165) is 11.1 Å². The predicted molar refractivity (Wildman–Crippen MR) is 162 cm³/mol. The van der Waals surface area contributed by atoms with Gasteiger partial charge in [0.05, 0.1) is 24.0 Å². The number of rotatable bonds is 7. The van der Waals surface area contributed by atoms with E-state index in [0.29, 0.717) is 27.0 Å². The molecule has 0 bridgehead atoms. The summed E-state index contributed by atoms with van der Waals surface area (Å²) in [5.74, 6) is -1.15. The normalized spacial score (nSPS) is 21.0. The zero-order valence-corrected chi connectivity index (χ0v) is 25.5. The van der Waals surface area contributed by atoms with Crippen LogP contribution in [0.1, 0.15) is 28.4 Å². The molecule has 1 amide bonds. The van der Waals surface area contributed by atoms with Crippen LogP contribution in [0.15, 0.2) is 71.7 Å². The van der Waals surface area contributed by atoms with Gasteiger partial charge in [-0.15, -0.1) is 0 Å². The summed E-state index contributed by atoms with van der Waals surface area (Å²) >= 11 is 11.9. The molecule has 4 rings (SSSR count). The number of amides is 1. The number of aryl methyl sites for hydroxylation is 2. The maximum atomic E-state index is 12.7. The minimum atomic E-state index is -1.08. The van der Waals surface area contributed by atoms with Crippen molar-refractivity contribution in [2.24, 2.45) is 10.9 Å². The molecule has 5 atom stereocenters. The highest BCUT2D eigenvalue weighted by molar-refractivity contribution is 6.35. The van der Waals surface area contributed by atoms with E-state index in [1.54, 1.807) is 37.3 Å². The molecule has 0 aromatic heterocycles. The number of isocyanates is 1. The number of esters is 1. The Morgan fingerprint density at radius 3 is 2.16 bits per heavy atom. The van der Waals surface area contributed by atoms with E-state index in [9.17, 15) is 19.5 Å². The van der Waals surface area contributed by atoms with Crippen molar-refractivity contribution in [3.8, 4) is 0 Å². The molecule has 1 aliphatic rings. The van der Waals surface area contributed by atoms with Gasteiger partial charge in [-0.1, -0.05) is 54.4 Å². The lowest BCUT2D eigenvalue weighted by atomic mass is 9.90. The minimum Gasteiger partial charge on any atom is -0.449 e. The zero-order chi connectivity index (χ0) is 31.5. The fraction of sp³-hybridized carbons (Fsp3) is 0.323. The smallest absolute Gasteiger partial charge is 0.412 e.